The molecule has 0 spiro atoms. The second-order valence-corrected chi connectivity index (χ2v) is 3.84. The minimum Gasteiger partial charge on any atom is -0.484 e. The Morgan fingerprint density at radius 2 is 2.06 bits per heavy atom. The molecule has 0 aliphatic rings. The highest BCUT2D eigenvalue weighted by Crippen LogP contribution is 2.20. The Bertz CT molecular complexity index is 435. The number of nitrogens with one attached hydrogen (secondary N) is 2. The van der Waals surface area contributed by atoms with E-state index in [0.29, 0.717) is 10.8 Å². The van der Waals surface area contributed by atoms with Crippen LogP contribution in [0.5, 0.6) is 5.75 Å². The number of amides is 2. The summed E-state index contributed by atoms with van der Waals surface area (Å²) in [5.41, 5.74) is 5.22. The quantitative estimate of drug-likeness (QED) is 0.799. The van der Waals surface area contributed by atoms with E-state index in [1.807, 2.05) is 6.92 Å². The topological polar surface area (TPSA) is 67.4 Å². The van der Waals surface area contributed by atoms with Gasteiger partial charge in [-0.25, -0.2) is 0 Å². The average Bonchev–Trinajstić information content (AvgIpc) is 2.28. The van der Waals surface area contributed by atoms with Crippen LogP contribution < -0.4 is 15.6 Å². The number of carbonyl (C=O) groups is 2. The minimum absolute atomic E-state index is 0.179. The van der Waals surface area contributed by atoms with Crippen LogP contribution in [0, 0.1) is 6.92 Å². The van der Waals surface area contributed by atoms with Gasteiger partial charge < -0.3 is 4.74 Å². The molecule has 2 N–H and O–H groups in total. The van der Waals surface area contributed by atoms with Crippen molar-refractivity contribution in [2.75, 3.05) is 6.61 Å². The third-order valence-corrected chi connectivity index (χ3v) is 2.30. The fourth-order valence-electron chi connectivity index (χ4n) is 1.05. The number of hydrazine groups is 1. The summed E-state index contributed by atoms with van der Waals surface area (Å²) < 4.78 is 5.21. The van der Waals surface area contributed by atoms with Gasteiger partial charge in [-0.05, 0) is 30.7 Å². The third-order valence-electron chi connectivity index (χ3n) is 1.88. The average molecular weight is 257 g/mol. The molecule has 0 aliphatic carbocycles. The Morgan fingerprint density at radius 3 is 2.65 bits per heavy atom. The Balaban J connectivity index is 2.42. The number of halogens is 1. The molecule has 0 aromatic heterocycles. The summed E-state index contributed by atoms with van der Waals surface area (Å²) in [5, 5.41) is 0.639. The lowest BCUT2D eigenvalue weighted by Gasteiger charge is -2.08. The first kappa shape index (κ1) is 13.3. The van der Waals surface area contributed by atoms with Gasteiger partial charge in [0.2, 0.25) is 5.91 Å². The van der Waals surface area contributed by atoms with Gasteiger partial charge in [0.15, 0.2) is 6.61 Å². The van der Waals surface area contributed by atoms with Crippen molar-refractivity contribution in [2.24, 2.45) is 0 Å². The van der Waals surface area contributed by atoms with E-state index in [4.69, 9.17) is 16.3 Å². The molecule has 0 saturated heterocycles. The van der Waals surface area contributed by atoms with E-state index in [-0.39, 0.29) is 12.5 Å². The lowest BCUT2D eigenvalue weighted by atomic mass is 10.2. The summed E-state index contributed by atoms with van der Waals surface area (Å²) in [6.07, 6.45) is 0. The van der Waals surface area contributed by atoms with E-state index >= 15 is 0 Å². The summed E-state index contributed by atoms with van der Waals surface area (Å²) in [6, 6.07) is 5.09. The van der Waals surface area contributed by atoms with Gasteiger partial charge in [-0.3, -0.25) is 20.4 Å². The molecule has 0 saturated carbocycles. The third kappa shape index (κ3) is 4.74. The first-order valence-electron chi connectivity index (χ1n) is 4.93. The molecule has 0 heterocycles. The van der Waals surface area contributed by atoms with Crippen molar-refractivity contribution in [3.8, 4) is 5.75 Å². The van der Waals surface area contributed by atoms with Gasteiger partial charge in [0.25, 0.3) is 5.91 Å². The van der Waals surface area contributed by atoms with Crippen LogP contribution in [0.25, 0.3) is 0 Å². The number of rotatable bonds is 3. The van der Waals surface area contributed by atoms with Gasteiger partial charge in [0, 0.05) is 11.9 Å². The fourth-order valence-corrected chi connectivity index (χ4v) is 1.17. The maximum atomic E-state index is 11.2. The van der Waals surface area contributed by atoms with Crippen LogP contribution in [-0.4, -0.2) is 18.4 Å². The molecule has 5 nitrogen and oxygen atoms in total. The molecular weight excluding hydrogens is 244 g/mol. The van der Waals surface area contributed by atoms with Crippen LogP contribution in [0.2, 0.25) is 5.02 Å². The summed E-state index contributed by atoms with van der Waals surface area (Å²) in [4.78, 5) is 21.7. The predicted molar refractivity (Wildman–Crippen MR) is 63.6 cm³/mol. The smallest absolute Gasteiger partial charge is 0.276 e. The Kier molecular flexibility index (Phi) is 4.78. The molecule has 0 bridgehead atoms. The van der Waals surface area contributed by atoms with E-state index < -0.39 is 5.91 Å². The molecule has 6 heteroatoms. The van der Waals surface area contributed by atoms with Gasteiger partial charge >= 0.3 is 0 Å². The Hall–Kier alpha value is -1.75. The lowest BCUT2D eigenvalue weighted by Crippen LogP contribution is -2.42. The van der Waals surface area contributed by atoms with Crippen LogP contribution in [0.3, 0.4) is 0 Å². The number of carbonyl (C=O) groups excluding carboxylic acids is 2. The van der Waals surface area contributed by atoms with E-state index in [1.165, 1.54) is 6.92 Å². The SMILES string of the molecule is CC(=O)NNC(=O)COc1ccc(Cl)c(C)c1. The molecule has 0 radical (unpaired) electrons. The second kappa shape index (κ2) is 6.10. The van der Waals surface area contributed by atoms with Crippen molar-refractivity contribution in [3.63, 3.8) is 0 Å². The number of aryl methyl sites for hydroxylation is 1. The standard InChI is InChI=1S/C11H13ClN2O3/c1-7-5-9(3-4-10(7)12)17-6-11(16)14-13-8(2)15/h3-5H,6H2,1-2H3,(H,13,15)(H,14,16). The number of hydrogen-bond acceptors (Lipinski definition) is 3. The van der Waals surface area contributed by atoms with Gasteiger partial charge in [0.05, 0.1) is 0 Å². The minimum atomic E-state index is -0.437. The summed E-state index contributed by atoms with van der Waals surface area (Å²) in [7, 11) is 0. The summed E-state index contributed by atoms with van der Waals surface area (Å²) in [5.74, 6) is -0.238. The van der Waals surface area contributed by atoms with Crippen LogP contribution in [0.1, 0.15) is 12.5 Å². The zero-order valence-corrected chi connectivity index (χ0v) is 10.3. The number of hydrogen-bond donors (Lipinski definition) is 2. The summed E-state index contributed by atoms with van der Waals surface area (Å²) in [6.45, 7) is 2.96. The maximum Gasteiger partial charge on any atom is 0.276 e. The van der Waals surface area contributed by atoms with Crippen LogP contribution in [0.15, 0.2) is 18.2 Å². The Labute approximate surface area is 104 Å². The van der Waals surface area contributed by atoms with Crippen LogP contribution in [0.4, 0.5) is 0 Å². The zero-order valence-electron chi connectivity index (χ0n) is 9.54. The molecule has 0 unspecified atom stereocenters. The Morgan fingerprint density at radius 1 is 1.35 bits per heavy atom. The second-order valence-electron chi connectivity index (χ2n) is 3.43. The molecule has 1 aromatic carbocycles. The monoisotopic (exact) mass is 256 g/mol. The first-order valence-corrected chi connectivity index (χ1v) is 5.31. The predicted octanol–water partition coefficient (Wildman–Crippen LogP) is 1.19. The first-order chi connectivity index (χ1) is 7.99. The van der Waals surface area contributed by atoms with Crippen LogP contribution >= 0.6 is 11.6 Å². The van der Waals surface area contributed by atoms with Crippen molar-refractivity contribution in [1.29, 1.82) is 0 Å². The highest BCUT2D eigenvalue weighted by molar-refractivity contribution is 6.31. The molecule has 0 atom stereocenters. The normalized spacial score (nSPS) is 9.59. The molecule has 17 heavy (non-hydrogen) atoms. The molecule has 1 aromatic rings. The van der Waals surface area contributed by atoms with E-state index in [2.05, 4.69) is 10.9 Å². The fraction of sp³-hybridized carbons (Fsp3) is 0.273. The van der Waals surface area contributed by atoms with Crippen molar-refractivity contribution < 1.29 is 14.3 Å². The zero-order chi connectivity index (χ0) is 12.8. The maximum absolute atomic E-state index is 11.2. The van der Waals surface area contributed by atoms with E-state index in [9.17, 15) is 9.59 Å². The molecule has 92 valence electrons. The molecule has 0 fully saturated rings. The molecule has 0 aliphatic heterocycles. The van der Waals surface area contributed by atoms with Gasteiger partial charge in [0.1, 0.15) is 5.75 Å². The van der Waals surface area contributed by atoms with Crippen LogP contribution in [-0.2, 0) is 9.59 Å². The summed E-state index contributed by atoms with van der Waals surface area (Å²) >= 11 is 5.85. The number of benzene rings is 1. The molecule has 1 rings (SSSR count). The highest BCUT2D eigenvalue weighted by Gasteiger charge is 2.04. The van der Waals surface area contributed by atoms with E-state index in [0.717, 1.165) is 5.56 Å². The van der Waals surface area contributed by atoms with Crippen molar-refractivity contribution in [2.45, 2.75) is 13.8 Å². The van der Waals surface area contributed by atoms with Gasteiger partial charge in [-0.1, -0.05) is 11.6 Å². The van der Waals surface area contributed by atoms with Crippen molar-refractivity contribution >= 4 is 23.4 Å². The van der Waals surface area contributed by atoms with Gasteiger partial charge in [-0.2, -0.15) is 0 Å². The molecule has 2 amide bonds. The number of ether oxygens (including phenoxy) is 1. The lowest BCUT2D eigenvalue weighted by molar-refractivity contribution is -0.129. The molecular formula is C11H13ClN2O3. The van der Waals surface area contributed by atoms with E-state index in [1.54, 1.807) is 18.2 Å². The van der Waals surface area contributed by atoms with Gasteiger partial charge in [-0.15, -0.1) is 0 Å². The largest absolute Gasteiger partial charge is 0.484 e. The van der Waals surface area contributed by atoms with Crippen molar-refractivity contribution in [1.82, 2.24) is 10.9 Å². The van der Waals surface area contributed by atoms with Crippen molar-refractivity contribution in [3.05, 3.63) is 28.8 Å². The highest BCUT2D eigenvalue weighted by atomic mass is 35.5.